The van der Waals surface area contributed by atoms with Crippen molar-refractivity contribution < 1.29 is 18.3 Å². The smallest absolute Gasteiger partial charge is 0.227 e. The van der Waals surface area contributed by atoms with Crippen LogP contribution in [0.4, 0.5) is 11.6 Å². The monoisotopic (exact) mass is 479 g/mol. The Morgan fingerprint density at radius 3 is 2.79 bits per heavy atom. The summed E-state index contributed by atoms with van der Waals surface area (Å²) in [4.78, 5) is 8.79. The molecule has 0 bridgehead atoms. The van der Waals surface area contributed by atoms with Crippen LogP contribution >= 0.6 is 0 Å². The quantitative estimate of drug-likeness (QED) is 0.382. The summed E-state index contributed by atoms with van der Waals surface area (Å²) in [5.41, 5.74) is 3.06. The maximum Gasteiger partial charge on any atom is 0.227 e. The van der Waals surface area contributed by atoms with E-state index >= 15 is 0 Å². The van der Waals surface area contributed by atoms with Gasteiger partial charge in [-0.3, -0.25) is 0 Å². The molecular formula is C24H25N5O4S. The number of aromatic nitrogens is 2. The molecule has 0 unspecified atom stereocenters. The van der Waals surface area contributed by atoms with E-state index in [1.165, 1.54) is 12.8 Å². The number of aliphatic hydroxyl groups excluding tert-OH is 1. The van der Waals surface area contributed by atoms with Gasteiger partial charge in [-0.1, -0.05) is 12.1 Å². The van der Waals surface area contributed by atoms with E-state index < -0.39 is 10.0 Å². The molecule has 1 aliphatic rings. The molecule has 0 spiro atoms. The highest BCUT2D eigenvalue weighted by Gasteiger charge is 2.22. The Morgan fingerprint density at radius 1 is 1.18 bits per heavy atom. The molecule has 4 rings (SSSR count). The molecule has 1 aromatic heterocycles. The fraction of sp³-hybridized carbons (Fsp3) is 0.292. The van der Waals surface area contributed by atoms with E-state index in [2.05, 4.69) is 26.1 Å². The Balaban J connectivity index is 1.48. The molecule has 0 aliphatic heterocycles. The SMILES string of the molecule is N#Cc1cc(-c2ccnc(Nc3cccc(CS(=O)(=O)NCCO)c3)n2)ccc1OCC1CC1. The molecule has 34 heavy (non-hydrogen) atoms. The van der Waals surface area contributed by atoms with Crippen LogP contribution in [0, 0.1) is 17.2 Å². The lowest BCUT2D eigenvalue weighted by Crippen LogP contribution is -2.27. The summed E-state index contributed by atoms with van der Waals surface area (Å²) < 4.78 is 32.3. The zero-order valence-corrected chi connectivity index (χ0v) is 19.3. The van der Waals surface area contributed by atoms with Crippen LogP contribution in [0.2, 0.25) is 0 Å². The number of hydrogen-bond donors (Lipinski definition) is 3. The zero-order valence-electron chi connectivity index (χ0n) is 18.4. The largest absolute Gasteiger partial charge is 0.492 e. The van der Waals surface area contributed by atoms with Crippen molar-refractivity contribution in [3.8, 4) is 23.1 Å². The van der Waals surface area contributed by atoms with Crippen LogP contribution in [0.15, 0.2) is 54.7 Å². The van der Waals surface area contributed by atoms with Gasteiger partial charge < -0.3 is 15.2 Å². The number of nitrogens with one attached hydrogen (secondary N) is 2. The molecule has 1 aliphatic carbocycles. The van der Waals surface area contributed by atoms with Crippen LogP contribution in [0.5, 0.6) is 5.75 Å². The molecule has 9 nitrogen and oxygen atoms in total. The first kappa shape index (κ1) is 23.6. The summed E-state index contributed by atoms with van der Waals surface area (Å²) in [6.45, 7) is 0.343. The summed E-state index contributed by atoms with van der Waals surface area (Å²) in [6.07, 6.45) is 3.97. The van der Waals surface area contributed by atoms with Gasteiger partial charge in [0, 0.05) is 24.0 Å². The Hall–Kier alpha value is -3.52. The Bertz CT molecular complexity index is 1300. The van der Waals surface area contributed by atoms with Gasteiger partial charge in [-0.2, -0.15) is 5.26 Å². The minimum absolute atomic E-state index is 0.0257. The maximum absolute atomic E-state index is 12.1. The van der Waals surface area contributed by atoms with Crippen LogP contribution in [-0.4, -0.2) is 43.3 Å². The third-order valence-electron chi connectivity index (χ3n) is 5.20. The molecule has 1 saturated carbocycles. The second kappa shape index (κ2) is 10.6. The van der Waals surface area contributed by atoms with Gasteiger partial charge >= 0.3 is 0 Å². The molecule has 1 fully saturated rings. The van der Waals surface area contributed by atoms with Gasteiger partial charge in [-0.05, 0) is 60.7 Å². The van der Waals surface area contributed by atoms with Gasteiger partial charge in [0.05, 0.1) is 30.2 Å². The number of sulfonamides is 1. The molecule has 1 heterocycles. The van der Waals surface area contributed by atoms with Crippen molar-refractivity contribution in [2.75, 3.05) is 25.1 Å². The van der Waals surface area contributed by atoms with Crippen LogP contribution < -0.4 is 14.8 Å². The van der Waals surface area contributed by atoms with Crippen LogP contribution in [0.3, 0.4) is 0 Å². The lowest BCUT2D eigenvalue weighted by Gasteiger charge is -2.11. The van der Waals surface area contributed by atoms with Crippen molar-refractivity contribution in [2.45, 2.75) is 18.6 Å². The first-order chi connectivity index (χ1) is 16.5. The second-order valence-electron chi connectivity index (χ2n) is 8.05. The Kier molecular flexibility index (Phi) is 7.37. The van der Waals surface area contributed by atoms with Crippen molar-refractivity contribution in [2.24, 2.45) is 5.92 Å². The highest BCUT2D eigenvalue weighted by Crippen LogP contribution is 2.31. The maximum atomic E-state index is 12.1. The molecule has 2 aromatic carbocycles. The number of rotatable bonds is 11. The van der Waals surface area contributed by atoms with Crippen LogP contribution in [0.1, 0.15) is 24.0 Å². The average Bonchev–Trinajstić information content (AvgIpc) is 3.66. The summed E-state index contributed by atoms with van der Waals surface area (Å²) in [5.74, 6) is 1.29. The van der Waals surface area contributed by atoms with Gasteiger partial charge in [0.15, 0.2) is 0 Å². The molecule has 3 N–H and O–H groups in total. The van der Waals surface area contributed by atoms with Gasteiger partial charge in [-0.15, -0.1) is 0 Å². The third-order valence-corrected chi connectivity index (χ3v) is 6.55. The summed E-state index contributed by atoms with van der Waals surface area (Å²) in [7, 11) is -3.55. The number of nitrogens with zero attached hydrogens (tertiary/aromatic N) is 3. The van der Waals surface area contributed by atoms with Crippen molar-refractivity contribution in [1.82, 2.24) is 14.7 Å². The predicted molar refractivity (Wildman–Crippen MR) is 128 cm³/mol. The predicted octanol–water partition coefficient (Wildman–Crippen LogP) is 2.96. The van der Waals surface area contributed by atoms with Crippen molar-refractivity contribution in [3.05, 3.63) is 65.9 Å². The average molecular weight is 480 g/mol. The molecule has 0 saturated heterocycles. The van der Waals surface area contributed by atoms with Crippen molar-refractivity contribution in [1.29, 1.82) is 5.26 Å². The summed E-state index contributed by atoms with van der Waals surface area (Å²) >= 11 is 0. The van der Waals surface area contributed by atoms with Crippen LogP contribution in [-0.2, 0) is 15.8 Å². The standard InChI is InChI=1S/C24H25N5O4S/c25-14-20-13-19(6-7-23(20)33-15-17-4-5-17)22-8-9-26-24(29-22)28-21-3-1-2-18(12-21)16-34(31,32)27-10-11-30/h1-3,6-9,12-13,17,27,30H,4-5,10-11,15-16H2,(H,26,28,29). The number of benzene rings is 2. The van der Waals surface area contributed by atoms with E-state index in [0.29, 0.717) is 46.7 Å². The lowest BCUT2D eigenvalue weighted by atomic mass is 10.1. The fourth-order valence-corrected chi connectivity index (χ4v) is 4.44. The number of nitriles is 1. The van der Waals surface area contributed by atoms with Gasteiger partial charge in [0.2, 0.25) is 16.0 Å². The Morgan fingerprint density at radius 2 is 2.03 bits per heavy atom. The zero-order chi connectivity index (χ0) is 24.0. The molecule has 176 valence electrons. The highest BCUT2D eigenvalue weighted by molar-refractivity contribution is 7.88. The topological polar surface area (TPSA) is 137 Å². The lowest BCUT2D eigenvalue weighted by molar-refractivity contribution is 0.299. The van der Waals surface area contributed by atoms with E-state index in [1.54, 1.807) is 48.7 Å². The second-order valence-corrected chi connectivity index (χ2v) is 9.85. The molecule has 0 atom stereocenters. The number of anilines is 2. The summed E-state index contributed by atoms with van der Waals surface area (Å²) in [5, 5.41) is 21.5. The van der Waals surface area contributed by atoms with Crippen molar-refractivity contribution >= 4 is 21.7 Å². The van der Waals surface area contributed by atoms with E-state index in [4.69, 9.17) is 9.84 Å². The normalized spacial score (nSPS) is 13.3. The fourth-order valence-electron chi connectivity index (χ4n) is 3.31. The molecule has 0 amide bonds. The molecule has 3 aromatic rings. The highest BCUT2D eigenvalue weighted by atomic mass is 32.2. The van der Waals surface area contributed by atoms with E-state index in [-0.39, 0.29) is 18.9 Å². The molecular weight excluding hydrogens is 454 g/mol. The number of aliphatic hydroxyl groups is 1. The van der Waals surface area contributed by atoms with E-state index in [0.717, 1.165) is 5.56 Å². The van der Waals surface area contributed by atoms with E-state index in [1.807, 2.05) is 6.07 Å². The molecule has 0 radical (unpaired) electrons. The van der Waals surface area contributed by atoms with Crippen LogP contribution in [0.25, 0.3) is 11.3 Å². The summed E-state index contributed by atoms with van der Waals surface area (Å²) in [6, 6.07) is 16.3. The van der Waals surface area contributed by atoms with E-state index in [9.17, 15) is 13.7 Å². The van der Waals surface area contributed by atoms with Gasteiger partial charge in [0.25, 0.3) is 0 Å². The minimum Gasteiger partial charge on any atom is -0.492 e. The Labute approximate surface area is 198 Å². The third kappa shape index (κ3) is 6.51. The first-order valence-electron chi connectivity index (χ1n) is 10.9. The minimum atomic E-state index is -3.55. The van der Waals surface area contributed by atoms with Gasteiger partial charge in [0.1, 0.15) is 11.8 Å². The number of hydrogen-bond acceptors (Lipinski definition) is 8. The first-order valence-corrected chi connectivity index (χ1v) is 12.6. The van der Waals surface area contributed by atoms with Crippen molar-refractivity contribution in [3.63, 3.8) is 0 Å². The van der Waals surface area contributed by atoms with Gasteiger partial charge in [-0.25, -0.2) is 23.1 Å². The number of ether oxygens (including phenoxy) is 1. The molecule has 10 heteroatoms.